The second kappa shape index (κ2) is 15.2. The van der Waals surface area contributed by atoms with Gasteiger partial charge in [-0.15, -0.1) is 0 Å². The van der Waals surface area contributed by atoms with Crippen LogP contribution < -0.4 is 10.3 Å². The van der Waals surface area contributed by atoms with Crippen molar-refractivity contribution < 1.29 is 9.13 Å². The largest absolute Gasteiger partial charge is 0.491 e. The topological polar surface area (TPSA) is 69.9 Å². The molecule has 0 fully saturated rings. The van der Waals surface area contributed by atoms with E-state index in [2.05, 4.69) is 21.9 Å². The third-order valence-corrected chi connectivity index (χ3v) is 7.41. The molecule has 2 aromatic carbocycles. The molecule has 39 heavy (non-hydrogen) atoms. The number of benzene rings is 2. The number of aromatic nitrogens is 4. The minimum absolute atomic E-state index is 0.278. The van der Waals surface area contributed by atoms with Crippen LogP contribution in [-0.4, -0.2) is 26.1 Å². The molecule has 4 aromatic rings. The first-order chi connectivity index (χ1) is 19.1. The summed E-state index contributed by atoms with van der Waals surface area (Å²) < 4.78 is 21.6. The van der Waals surface area contributed by atoms with Crippen LogP contribution in [0.15, 0.2) is 83.4 Å². The van der Waals surface area contributed by atoms with Gasteiger partial charge in [0.25, 0.3) is 5.56 Å². The van der Waals surface area contributed by atoms with Gasteiger partial charge < -0.3 is 4.74 Å². The monoisotopic (exact) mass is 546 g/mol. The molecule has 0 aliphatic carbocycles. The Morgan fingerprint density at radius 3 is 2.38 bits per heavy atom. The molecule has 0 N–H and O–H groups in total. The molecule has 0 spiro atoms. The quantitative estimate of drug-likeness (QED) is 0.0894. The van der Waals surface area contributed by atoms with Crippen LogP contribution in [0, 0.1) is 5.82 Å². The highest BCUT2D eigenvalue weighted by Gasteiger charge is 2.15. The van der Waals surface area contributed by atoms with Gasteiger partial charge in [0.15, 0.2) is 5.16 Å². The van der Waals surface area contributed by atoms with Crippen LogP contribution in [0.3, 0.4) is 0 Å². The summed E-state index contributed by atoms with van der Waals surface area (Å²) in [5.74, 6) is 1.01. The van der Waals surface area contributed by atoms with Gasteiger partial charge in [-0.2, -0.15) is 4.98 Å². The first-order valence-corrected chi connectivity index (χ1v) is 14.6. The average Bonchev–Trinajstić information content (AvgIpc) is 2.96. The van der Waals surface area contributed by atoms with Crippen LogP contribution in [0.5, 0.6) is 5.75 Å². The number of thioether (sulfide) groups is 1. The lowest BCUT2D eigenvalue weighted by Crippen LogP contribution is -2.19. The van der Waals surface area contributed by atoms with Crippen LogP contribution in [0.4, 0.5) is 4.39 Å². The smallest absolute Gasteiger partial charge is 0.277 e. The zero-order valence-corrected chi connectivity index (χ0v) is 23.2. The molecule has 0 saturated carbocycles. The molecule has 0 unspecified atom stereocenters. The van der Waals surface area contributed by atoms with Gasteiger partial charge in [0, 0.05) is 36.3 Å². The van der Waals surface area contributed by atoms with E-state index >= 15 is 0 Å². The summed E-state index contributed by atoms with van der Waals surface area (Å²) in [6, 6.07) is 14.2. The van der Waals surface area contributed by atoms with E-state index in [9.17, 15) is 9.18 Å². The summed E-state index contributed by atoms with van der Waals surface area (Å²) in [6.45, 7) is 2.86. The molecule has 4 rings (SSSR count). The van der Waals surface area contributed by atoms with Crippen molar-refractivity contribution in [1.29, 1.82) is 0 Å². The van der Waals surface area contributed by atoms with Crippen molar-refractivity contribution in [2.45, 2.75) is 69.2 Å². The predicted octanol–water partition coefficient (Wildman–Crippen LogP) is 7.17. The van der Waals surface area contributed by atoms with E-state index < -0.39 is 0 Å². The fourth-order valence-corrected chi connectivity index (χ4v) is 5.19. The molecule has 0 aliphatic heterocycles. The normalized spacial score (nSPS) is 11.0. The number of ether oxygens (including phenoxy) is 1. The Morgan fingerprint density at radius 1 is 0.897 bits per heavy atom. The summed E-state index contributed by atoms with van der Waals surface area (Å²) >= 11 is 1.43. The summed E-state index contributed by atoms with van der Waals surface area (Å²) in [7, 11) is 0. The molecule has 0 amide bonds. The number of halogens is 1. The van der Waals surface area contributed by atoms with Gasteiger partial charge in [-0.25, -0.2) is 14.4 Å². The van der Waals surface area contributed by atoms with E-state index in [0.717, 1.165) is 35.4 Å². The van der Waals surface area contributed by atoms with Gasteiger partial charge in [-0.1, -0.05) is 81.5 Å². The SMILES string of the molecule is CCCCCCCCCOc1ccccc1-n1cc(Cc2cncnc2)c(=O)nc1SCc1ccc(F)cc1. The van der Waals surface area contributed by atoms with Crippen molar-refractivity contribution in [3.63, 3.8) is 0 Å². The minimum atomic E-state index is -0.293. The Balaban J connectivity index is 1.56. The van der Waals surface area contributed by atoms with Crippen molar-refractivity contribution in [1.82, 2.24) is 19.5 Å². The van der Waals surface area contributed by atoms with E-state index in [1.807, 2.05) is 35.0 Å². The number of nitrogens with zero attached hydrogens (tertiary/aromatic N) is 4. The van der Waals surface area contributed by atoms with Gasteiger partial charge in [-0.05, 0) is 41.8 Å². The third-order valence-electron chi connectivity index (χ3n) is 6.38. The summed E-state index contributed by atoms with van der Waals surface area (Å²) in [5, 5.41) is 0.546. The molecule has 2 heterocycles. The maximum absolute atomic E-state index is 13.4. The molecule has 8 heteroatoms. The number of rotatable bonds is 15. The lowest BCUT2D eigenvalue weighted by molar-refractivity contribution is 0.303. The molecule has 2 aromatic heterocycles. The highest BCUT2D eigenvalue weighted by atomic mass is 32.2. The van der Waals surface area contributed by atoms with Crippen LogP contribution in [0.25, 0.3) is 5.69 Å². The van der Waals surface area contributed by atoms with Crippen molar-refractivity contribution in [3.05, 3.63) is 106 Å². The van der Waals surface area contributed by atoms with Crippen molar-refractivity contribution in [2.24, 2.45) is 0 Å². The van der Waals surface area contributed by atoms with Gasteiger partial charge >= 0.3 is 0 Å². The van der Waals surface area contributed by atoms with Crippen molar-refractivity contribution in [3.8, 4) is 11.4 Å². The second-order valence-electron chi connectivity index (χ2n) is 9.50. The highest BCUT2D eigenvalue weighted by molar-refractivity contribution is 7.98. The molecular weight excluding hydrogens is 511 g/mol. The number of unbranched alkanes of at least 4 members (excludes halogenated alkanes) is 6. The van der Waals surface area contributed by atoms with Crippen LogP contribution in [-0.2, 0) is 12.2 Å². The zero-order chi connectivity index (χ0) is 27.3. The molecule has 6 nitrogen and oxygen atoms in total. The Labute approximate surface area is 233 Å². The Bertz CT molecular complexity index is 1360. The Kier molecular flexibility index (Phi) is 11.1. The zero-order valence-electron chi connectivity index (χ0n) is 22.4. The number of hydrogen-bond acceptors (Lipinski definition) is 6. The van der Waals surface area contributed by atoms with Crippen LogP contribution in [0.2, 0.25) is 0 Å². The fourth-order valence-electron chi connectivity index (χ4n) is 4.26. The summed E-state index contributed by atoms with van der Waals surface area (Å²) in [6.07, 6.45) is 15.6. The molecule has 0 atom stereocenters. The van der Waals surface area contributed by atoms with Crippen molar-refractivity contribution in [2.75, 3.05) is 6.61 Å². The van der Waals surface area contributed by atoms with Crippen molar-refractivity contribution >= 4 is 11.8 Å². The minimum Gasteiger partial charge on any atom is -0.491 e. The molecule has 204 valence electrons. The Morgan fingerprint density at radius 2 is 1.62 bits per heavy atom. The fraction of sp³-hybridized carbons (Fsp3) is 0.355. The second-order valence-corrected chi connectivity index (χ2v) is 10.4. The predicted molar refractivity (Wildman–Crippen MR) is 154 cm³/mol. The maximum Gasteiger partial charge on any atom is 0.277 e. The highest BCUT2D eigenvalue weighted by Crippen LogP contribution is 2.29. The standard InChI is InChI=1S/C31H35FN4O2S/c1-2-3-4-5-6-7-10-17-38-29-12-9-8-11-28(29)36-21-26(18-25-19-33-23-34-20-25)30(37)35-31(36)39-22-24-13-15-27(32)16-14-24/h8-9,11-16,19-21,23H,2-7,10,17-18,22H2,1H3. The molecule has 0 bridgehead atoms. The Hall–Kier alpha value is -3.52. The van der Waals surface area contributed by atoms with Gasteiger partial charge in [0.1, 0.15) is 17.9 Å². The van der Waals surface area contributed by atoms with Gasteiger partial charge in [-0.3, -0.25) is 9.36 Å². The van der Waals surface area contributed by atoms with Crippen LogP contribution in [0.1, 0.15) is 68.6 Å². The van der Waals surface area contributed by atoms with Crippen LogP contribution >= 0.6 is 11.8 Å². The van der Waals surface area contributed by atoms with Gasteiger partial charge in [0.05, 0.1) is 12.3 Å². The van der Waals surface area contributed by atoms with Gasteiger partial charge in [0.2, 0.25) is 0 Å². The lowest BCUT2D eigenvalue weighted by Gasteiger charge is -2.17. The lowest BCUT2D eigenvalue weighted by atomic mass is 10.1. The summed E-state index contributed by atoms with van der Waals surface area (Å²) in [4.78, 5) is 25.7. The average molecular weight is 547 g/mol. The number of hydrogen-bond donors (Lipinski definition) is 0. The van der Waals surface area contributed by atoms with E-state index in [-0.39, 0.29) is 11.4 Å². The molecule has 0 radical (unpaired) electrons. The maximum atomic E-state index is 13.4. The van der Waals surface area contributed by atoms with E-state index in [0.29, 0.717) is 29.5 Å². The first kappa shape index (κ1) is 28.5. The molecule has 0 saturated heterocycles. The number of para-hydroxylation sites is 2. The first-order valence-electron chi connectivity index (χ1n) is 13.6. The third kappa shape index (κ3) is 8.75. The summed E-state index contributed by atoms with van der Waals surface area (Å²) in [5.41, 5.74) is 2.84. The van der Waals surface area contributed by atoms with E-state index in [1.165, 1.54) is 62.3 Å². The molecule has 0 aliphatic rings. The van der Waals surface area contributed by atoms with E-state index in [4.69, 9.17) is 4.74 Å². The van der Waals surface area contributed by atoms with E-state index in [1.54, 1.807) is 24.5 Å². The molecular formula is C31H35FN4O2S.